The predicted octanol–water partition coefficient (Wildman–Crippen LogP) is 3.58. The zero-order valence-electron chi connectivity index (χ0n) is 12.4. The lowest BCUT2D eigenvalue weighted by atomic mass is 10.1. The van der Waals surface area contributed by atoms with E-state index in [1.54, 1.807) is 0 Å². The van der Waals surface area contributed by atoms with E-state index in [2.05, 4.69) is 64.5 Å². The van der Waals surface area contributed by atoms with Gasteiger partial charge in [0.05, 0.1) is 5.52 Å². The molecule has 1 aromatic carbocycles. The first-order chi connectivity index (χ1) is 10.3. The number of fused-ring (bicyclic) bond motifs is 1. The molecule has 0 fully saturated rings. The van der Waals surface area contributed by atoms with Gasteiger partial charge in [0.2, 0.25) is 0 Å². The molecule has 2 heterocycles. The molecule has 108 valence electrons. The van der Waals surface area contributed by atoms with Gasteiger partial charge in [-0.2, -0.15) is 0 Å². The van der Waals surface area contributed by atoms with Crippen LogP contribution in [0, 0.1) is 0 Å². The van der Waals surface area contributed by atoms with Crippen LogP contribution in [0.4, 0.5) is 0 Å². The molecule has 1 N–H and O–H groups in total. The molecule has 0 saturated heterocycles. The molecular weight excluding hydrogens is 258 g/mol. The van der Waals surface area contributed by atoms with Gasteiger partial charge in [0.25, 0.3) is 0 Å². The third-order valence-electron chi connectivity index (χ3n) is 3.60. The summed E-state index contributed by atoms with van der Waals surface area (Å²) in [4.78, 5) is 4.36. The minimum Gasteiger partial charge on any atom is -0.350 e. The van der Waals surface area contributed by atoms with Crippen LogP contribution in [0.25, 0.3) is 10.9 Å². The molecule has 0 bridgehead atoms. The van der Waals surface area contributed by atoms with E-state index >= 15 is 0 Å². The number of aromatic nitrogens is 2. The SMILES string of the molecule is CCCNCc1ccn(Cc2ccc3ncccc3c2)c1. The van der Waals surface area contributed by atoms with Crippen LogP contribution in [0.3, 0.4) is 0 Å². The molecular formula is C18H21N3. The molecule has 0 radical (unpaired) electrons. The van der Waals surface area contributed by atoms with Crippen molar-refractivity contribution >= 4 is 10.9 Å². The standard InChI is InChI=1S/C18H21N3/c1-2-8-19-12-16-7-10-21(14-16)13-15-5-6-18-17(11-15)4-3-9-20-18/h3-7,9-11,14,19H,2,8,12-13H2,1H3. The summed E-state index contributed by atoms with van der Waals surface area (Å²) in [6.45, 7) is 5.11. The number of nitrogens with one attached hydrogen (secondary N) is 1. The fourth-order valence-electron chi connectivity index (χ4n) is 2.54. The van der Waals surface area contributed by atoms with Crippen molar-refractivity contribution in [2.75, 3.05) is 6.54 Å². The number of rotatable bonds is 6. The van der Waals surface area contributed by atoms with E-state index in [9.17, 15) is 0 Å². The van der Waals surface area contributed by atoms with Gasteiger partial charge in [0.1, 0.15) is 0 Å². The van der Waals surface area contributed by atoms with Crippen LogP contribution in [-0.4, -0.2) is 16.1 Å². The molecule has 0 amide bonds. The fraction of sp³-hybridized carbons (Fsp3) is 0.278. The first-order valence-electron chi connectivity index (χ1n) is 7.54. The average Bonchev–Trinajstić information content (AvgIpc) is 2.95. The average molecular weight is 279 g/mol. The largest absolute Gasteiger partial charge is 0.350 e. The maximum Gasteiger partial charge on any atom is 0.0702 e. The van der Waals surface area contributed by atoms with Gasteiger partial charge >= 0.3 is 0 Å². The lowest BCUT2D eigenvalue weighted by molar-refractivity contribution is 0.673. The number of nitrogens with zero attached hydrogens (tertiary/aromatic N) is 2. The smallest absolute Gasteiger partial charge is 0.0702 e. The summed E-state index contributed by atoms with van der Waals surface area (Å²) in [5.41, 5.74) is 3.70. The van der Waals surface area contributed by atoms with E-state index in [4.69, 9.17) is 0 Å². The highest BCUT2D eigenvalue weighted by Gasteiger charge is 2.00. The summed E-state index contributed by atoms with van der Waals surface area (Å²) in [5, 5.41) is 4.63. The van der Waals surface area contributed by atoms with Crippen LogP contribution in [0.5, 0.6) is 0 Å². The molecule has 3 aromatic rings. The van der Waals surface area contributed by atoms with Crippen molar-refractivity contribution in [3.8, 4) is 0 Å². The Balaban J connectivity index is 1.70. The summed E-state index contributed by atoms with van der Waals surface area (Å²) >= 11 is 0. The number of pyridine rings is 1. The molecule has 0 saturated carbocycles. The number of benzene rings is 1. The molecule has 3 heteroatoms. The Morgan fingerprint density at radius 3 is 3.00 bits per heavy atom. The Kier molecular flexibility index (Phi) is 4.31. The fourth-order valence-corrected chi connectivity index (χ4v) is 2.54. The van der Waals surface area contributed by atoms with E-state index in [1.807, 2.05) is 12.3 Å². The van der Waals surface area contributed by atoms with Crippen molar-refractivity contribution in [1.29, 1.82) is 0 Å². The van der Waals surface area contributed by atoms with Gasteiger partial charge in [0.15, 0.2) is 0 Å². The third kappa shape index (κ3) is 3.50. The van der Waals surface area contributed by atoms with Crippen LogP contribution in [0.15, 0.2) is 55.0 Å². The summed E-state index contributed by atoms with van der Waals surface area (Å²) in [6, 6.07) is 12.8. The second-order valence-electron chi connectivity index (χ2n) is 5.40. The van der Waals surface area contributed by atoms with E-state index in [0.717, 1.165) is 25.2 Å². The van der Waals surface area contributed by atoms with E-state index < -0.39 is 0 Å². The summed E-state index contributed by atoms with van der Waals surface area (Å²) < 4.78 is 2.24. The van der Waals surface area contributed by atoms with Crippen LogP contribution in [0.1, 0.15) is 24.5 Å². The summed E-state index contributed by atoms with van der Waals surface area (Å²) in [5.74, 6) is 0. The molecule has 21 heavy (non-hydrogen) atoms. The molecule has 0 atom stereocenters. The van der Waals surface area contributed by atoms with Crippen molar-refractivity contribution in [3.05, 3.63) is 66.1 Å². The van der Waals surface area contributed by atoms with Crippen LogP contribution >= 0.6 is 0 Å². The van der Waals surface area contributed by atoms with Crippen molar-refractivity contribution in [1.82, 2.24) is 14.9 Å². The Bertz CT molecular complexity index is 715. The molecule has 3 nitrogen and oxygen atoms in total. The minimum atomic E-state index is 0.901. The summed E-state index contributed by atoms with van der Waals surface area (Å²) in [6.07, 6.45) is 7.38. The van der Waals surface area contributed by atoms with Gasteiger partial charge in [-0.05, 0) is 48.4 Å². The van der Waals surface area contributed by atoms with Gasteiger partial charge in [-0.3, -0.25) is 4.98 Å². The third-order valence-corrected chi connectivity index (χ3v) is 3.60. The highest BCUT2D eigenvalue weighted by Crippen LogP contribution is 2.14. The molecule has 0 unspecified atom stereocenters. The first-order valence-corrected chi connectivity index (χ1v) is 7.54. The Morgan fingerprint density at radius 2 is 2.10 bits per heavy atom. The predicted molar refractivity (Wildman–Crippen MR) is 87.3 cm³/mol. The van der Waals surface area contributed by atoms with Gasteiger partial charge < -0.3 is 9.88 Å². The molecule has 0 aliphatic carbocycles. The second-order valence-corrected chi connectivity index (χ2v) is 5.40. The first kappa shape index (κ1) is 13.8. The topological polar surface area (TPSA) is 29.9 Å². The van der Waals surface area contributed by atoms with Crippen LogP contribution in [0.2, 0.25) is 0 Å². The van der Waals surface area contributed by atoms with Gasteiger partial charge in [-0.1, -0.05) is 19.1 Å². The zero-order valence-corrected chi connectivity index (χ0v) is 12.4. The van der Waals surface area contributed by atoms with E-state index in [-0.39, 0.29) is 0 Å². The number of hydrogen-bond donors (Lipinski definition) is 1. The zero-order chi connectivity index (χ0) is 14.5. The molecule has 0 aliphatic heterocycles. The quantitative estimate of drug-likeness (QED) is 0.699. The van der Waals surface area contributed by atoms with Gasteiger partial charge in [0, 0.05) is 37.1 Å². The van der Waals surface area contributed by atoms with Crippen LogP contribution in [-0.2, 0) is 13.1 Å². The molecule has 3 rings (SSSR count). The van der Waals surface area contributed by atoms with Crippen LogP contribution < -0.4 is 5.32 Å². The minimum absolute atomic E-state index is 0.901. The highest BCUT2D eigenvalue weighted by molar-refractivity contribution is 5.78. The maximum atomic E-state index is 4.36. The highest BCUT2D eigenvalue weighted by atomic mass is 14.9. The number of hydrogen-bond acceptors (Lipinski definition) is 2. The summed E-state index contributed by atoms with van der Waals surface area (Å²) in [7, 11) is 0. The lowest BCUT2D eigenvalue weighted by Crippen LogP contribution is -2.13. The van der Waals surface area contributed by atoms with Gasteiger partial charge in [-0.15, -0.1) is 0 Å². The van der Waals surface area contributed by atoms with Gasteiger partial charge in [-0.25, -0.2) is 0 Å². The second kappa shape index (κ2) is 6.55. The van der Waals surface area contributed by atoms with E-state index in [0.29, 0.717) is 0 Å². The lowest BCUT2D eigenvalue weighted by Gasteiger charge is -2.05. The Hall–Kier alpha value is -2.13. The van der Waals surface area contributed by atoms with E-state index in [1.165, 1.54) is 22.9 Å². The Labute approximate surface area is 125 Å². The monoisotopic (exact) mass is 279 g/mol. The normalized spacial score (nSPS) is 11.1. The Morgan fingerprint density at radius 1 is 1.14 bits per heavy atom. The van der Waals surface area contributed by atoms with Crippen molar-refractivity contribution < 1.29 is 0 Å². The van der Waals surface area contributed by atoms with Crippen molar-refractivity contribution in [2.45, 2.75) is 26.4 Å². The molecule has 0 spiro atoms. The maximum absolute atomic E-state index is 4.36. The molecule has 0 aliphatic rings. The van der Waals surface area contributed by atoms with Crippen molar-refractivity contribution in [2.24, 2.45) is 0 Å². The molecule has 2 aromatic heterocycles. The van der Waals surface area contributed by atoms with Crippen molar-refractivity contribution in [3.63, 3.8) is 0 Å².